The molecule has 0 radical (unpaired) electrons. The number of carbonyl (C=O) groups is 3. The fraction of sp³-hybridized carbons (Fsp3) is 0.526. The number of benzene rings is 1. The van der Waals surface area contributed by atoms with Crippen LogP contribution in [0.2, 0.25) is 0 Å². The predicted octanol–water partition coefficient (Wildman–Crippen LogP) is 1.70. The summed E-state index contributed by atoms with van der Waals surface area (Å²) < 4.78 is 0. The summed E-state index contributed by atoms with van der Waals surface area (Å²) in [5.74, 6) is -0.207. The van der Waals surface area contributed by atoms with Crippen LogP contribution in [-0.4, -0.2) is 43.3 Å². The van der Waals surface area contributed by atoms with Crippen LogP contribution in [0.1, 0.15) is 48.0 Å². The Bertz CT molecular complexity index is 607. The smallest absolute Gasteiger partial charge is 0.251 e. The van der Waals surface area contributed by atoms with Gasteiger partial charge in [0.2, 0.25) is 11.8 Å². The Morgan fingerprint density at radius 2 is 1.72 bits per heavy atom. The Kier molecular flexibility index (Phi) is 6.98. The zero-order chi connectivity index (χ0) is 18.2. The molecule has 2 N–H and O–H groups in total. The number of nitrogens with zero attached hydrogens (tertiary/aromatic N) is 1. The molecule has 0 aliphatic heterocycles. The topological polar surface area (TPSA) is 78.5 Å². The van der Waals surface area contributed by atoms with E-state index in [9.17, 15) is 14.4 Å². The Hall–Kier alpha value is -2.37. The first-order valence-corrected chi connectivity index (χ1v) is 8.84. The standard InChI is InChI=1S/C19H27N3O3/c1-20-18(24)16-10-8-14(9-11-16)13-22(2)17(23)12-21-19(25)15-6-4-3-5-7-15/h8-11,15H,3-7,12-13H2,1-2H3,(H,20,24)(H,21,25). The minimum absolute atomic E-state index is 0.00335. The van der Waals surface area contributed by atoms with E-state index in [1.165, 1.54) is 6.42 Å². The quantitative estimate of drug-likeness (QED) is 0.824. The van der Waals surface area contributed by atoms with Crippen molar-refractivity contribution in [2.24, 2.45) is 5.92 Å². The second-order valence-corrected chi connectivity index (χ2v) is 6.58. The molecule has 1 aliphatic carbocycles. The highest BCUT2D eigenvalue weighted by Crippen LogP contribution is 2.23. The third-order valence-electron chi connectivity index (χ3n) is 4.68. The van der Waals surface area contributed by atoms with Crippen molar-refractivity contribution in [3.63, 3.8) is 0 Å². The van der Waals surface area contributed by atoms with E-state index in [-0.39, 0.29) is 30.2 Å². The van der Waals surface area contributed by atoms with Gasteiger partial charge in [0.15, 0.2) is 0 Å². The van der Waals surface area contributed by atoms with Gasteiger partial charge in [0.1, 0.15) is 0 Å². The van der Waals surface area contributed by atoms with Gasteiger partial charge in [-0.2, -0.15) is 0 Å². The molecule has 6 nitrogen and oxygen atoms in total. The van der Waals surface area contributed by atoms with E-state index in [0.29, 0.717) is 12.1 Å². The van der Waals surface area contributed by atoms with Crippen molar-refractivity contribution in [2.75, 3.05) is 20.6 Å². The van der Waals surface area contributed by atoms with Crippen LogP contribution in [0.4, 0.5) is 0 Å². The largest absolute Gasteiger partial charge is 0.355 e. The van der Waals surface area contributed by atoms with E-state index in [1.54, 1.807) is 31.1 Å². The number of hydrogen-bond donors (Lipinski definition) is 2. The van der Waals surface area contributed by atoms with Gasteiger partial charge < -0.3 is 15.5 Å². The van der Waals surface area contributed by atoms with Crippen LogP contribution in [-0.2, 0) is 16.1 Å². The number of carbonyl (C=O) groups excluding carboxylic acids is 3. The Balaban J connectivity index is 1.79. The lowest BCUT2D eigenvalue weighted by Gasteiger charge is -2.22. The SMILES string of the molecule is CNC(=O)c1ccc(CN(C)C(=O)CNC(=O)C2CCCCC2)cc1. The van der Waals surface area contributed by atoms with Crippen LogP contribution in [0.25, 0.3) is 0 Å². The summed E-state index contributed by atoms with van der Waals surface area (Å²) in [6, 6.07) is 7.12. The van der Waals surface area contributed by atoms with E-state index < -0.39 is 0 Å². The molecule has 0 heterocycles. The van der Waals surface area contributed by atoms with Gasteiger partial charge in [-0.15, -0.1) is 0 Å². The van der Waals surface area contributed by atoms with Crippen molar-refractivity contribution in [3.8, 4) is 0 Å². The first-order valence-electron chi connectivity index (χ1n) is 8.84. The van der Waals surface area contributed by atoms with Gasteiger partial charge in [-0.3, -0.25) is 14.4 Å². The van der Waals surface area contributed by atoms with E-state index in [2.05, 4.69) is 10.6 Å². The third kappa shape index (κ3) is 5.59. The molecule has 1 aliphatic rings. The molecule has 3 amide bonds. The van der Waals surface area contributed by atoms with Crippen LogP contribution in [0.5, 0.6) is 0 Å². The van der Waals surface area contributed by atoms with Crippen molar-refractivity contribution in [3.05, 3.63) is 35.4 Å². The van der Waals surface area contributed by atoms with Gasteiger partial charge >= 0.3 is 0 Å². The van der Waals surface area contributed by atoms with E-state index in [4.69, 9.17) is 0 Å². The van der Waals surface area contributed by atoms with Gasteiger partial charge in [0.25, 0.3) is 5.91 Å². The second-order valence-electron chi connectivity index (χ2n) is 6.58. The Labute approximate surface area is 149 Å². The molecule has 6 heteroatoms. The Morgan fingerprint density at radius 1 is 1.08 bits per heavy atom. The molecular weight excluding hydrogens is 318 g/mol. The normalized spacial score (nSPS) is 14.6. The van der Waals surface area contributed by atoms with Gasteiger partial charge in [-0.05, 0) is 30.5 Å². The zero-order valence-corrected chi connectivity index (χ0v) is 15.0. The lowest BCUT2D eigenvalue weighted by molar-refractivity contribution is -0.133. The summed E-state index contributed by atoms with van der Waals surface area (Å²) in [7, 11) is 3.30. The van der Waals surface area contributed by atoms with Crippen LogP contribution < -0.4 is 10.6 Å². The predicted molar refractivity (Wildman–Crippen MR) is 95.9 cm³/mol. The summed E-state index contributed by atoms with van der Waals surface area (Å²) in [5, 5.41) is 5.34. The van der Waals surface area contributed by atoms with Crippen molar-refractivity contribution in [2.45, 2.75) is 38.6 Å². The number of nitrogens with one attached hydrogen (secondary N) is 2. The van der Waals surface area contributed by atoms with E-state index in [1.807, 2.05) is 12.1 Å². The van der Waals surface area contributed by atoms with Crippen molar-refractivity contribution in [1.29, 1.82) is 0 Å². The molecule has 0 spiro atoms. The number of rotatable bonds is 6. The molecule has 136 valence electrons. The highest BCUT2D eigenvalue weighted by atomic mass is 16.2. The molecule has 1 aromatic carbocycles. The fourth-order valence-electron chi connectivity index (χ4n) is 3.07. The summed E-state index contributed by atoms with van der Waals surface area (Å²) in [6.07, 6.45) is 5.24. The van der Waals surface area contributed by atoms with Crippen molar-refractivity contribution >= 4 is 17.7 Å². The summed E-state index contributed by atoms with van der Waals surface area (Å²) >= 11 is 0. The number of amides is 3. The van der Waals surface area contributed by atoms with Crippen LogP contribution in [0.3, 0.4) is 0 Å². The zero-order valence-electron chi connectivity index (χ0n) is 15.0. The van der Waals surface area contributed by atoms with Gasteiger partial charge in [-0.1, -0.05) is 31.4 Å². The second kappa shape index (κ2) is 9.20. The molecule has 1 fully saturated rings. The first-order chi connectivity index (χ1) is 12.0. The van der Waals surface area contributed by atoms with Crippen molar-refractivity contribution in [1.82, 2.24) is 15.5 Å². The molecule has 1 aromatic rings. The maximum absolute atomic E-state index is 12.2. The lowest BCUT2D eigenvalue weighted by Crippen LogP contribution is -2.40. The fourth-order valence-corrected chi connectivity index (χ4v) is 3.07. The average molecular weight is 345 g/mol. The number of hydrogen-bond acceptors (Lipinski definition) is 3. The number of likely N-dealkylation sites (N-methyl/N-ethyl adjacent to an activating group) is 1. The maximum atomic E-state index is 12.2. The monoisotopic (exact) mass is 345 g/mol. The maximum Gasteiger partial charge on any atom is 0.251 e. The third-order valence-corrected chi connectivity index (χ3v) is 4.68. The molecule has 0 aromatic heterocycles. The summed E-state index contributed by atoms with van der Waals surface area (Å²) in [6.45, 7) is 0.467. The highest BCUT2D eigenvalue weighted by Gasteiger charge is 2.21. The minimum Gasteiger partial charge on any atom is -0.355 e. The van der Waals surface area contributed by atoms with Gasteiger partial charge in [-0.25, -0.2) is 0 Å². The molecule has 0 unspecified atom stereocenters. The molecule has 2 rings (SSSR count). The average Bonchev–Trinajstić information content (AvgIpc) is 2.66. The summed E-state index contributed by atoms with van der Waals surface area (Å²) in [5.41, 5.74) is 1.52. The molecule has 0 saturated heterocycles. The molecular formula is C19H27N3O3. The molecule has 1 saturated carbocycles. The van der Waals surface area contributed by atoms with Crippen LogP contribution in [0.15, 0.2) is 24.3 Å². The van der Waals surface area contributed by atoms with Crippen LogP contribution in [0, 0.1) is 5.92 Å². The van der Waals surface area contributed by atoms with Gasteiger partial charge in [0.05, 0.1) is 6.54 Å². The Morgan fingerprint density at radius 3 is 2.32 bits per heavy atom. The molecule has 0 bridgehead atoms. The van der Waals surface area contributed by atoms with E-state index in [0.717, 1.165) is 31.2 Å². The van der Waals surface area contributed by atoms with E-state index >= 15 is 0 Å². The molecule has 25 heavy (non-hydrogen) atoms. The van der Waals surface area contributed by atoms with Gasteiger partial charge in [0, 0.05) is 32.1 Å². The lowest BCUT2D eigenvalue weighted by atomic mass is 9.89. The highest BCUT2D eigenvalue weighted by molar-refractivity contribution is 5.94. The molecule has 0 atom stereocenters. The first kappa shape index (κ1) is 19.0. The minimum atomic E-state index is -0.138. The summed E-state index contributed by atoms with van der Waals surface area (Å²) in [4.78, 5) is 37.4. The van der Waals surface area contributed by atoms with Crippen LogP contribution >= 0.6 is 0 Å². The van der Waals surface area contributed by atoms with Crippen molar-refractivity contribution < 1.29 is 14.4 Å².